The normalized spacial score (nSPS) is 13.7. The van der Waals surface area contributed by atoms with Crippen molar-refractivity contribution in [1.29, 1.82) is 0 Å². The summed E-state index contributed by atoms with van der Waals surface area (Å²) in [7, 11) is -4.23. The van der Waals surface area contributed by atoms with Crippen molar-refractivity contribution in [3.63, 3.8) is 0 Å². The second-order valence-corrected chi connectivity index (χ2v) is 5.43. The van der Waals surface area contributed by atoms with Gasteiger partial charge in [-0.2, -0.15) is 21.6 Å². The molecule has 1 N–H and O–H groups in total. The van der Waals surface area contributed by atoms with Crippen LogP contribution in [0.25, 0.3) is 0 Å². The summed E-state index contributed by atoms with van der Waals surface area (Å²) in [6, 6.07) is 4.75. The Morgan fingerprint density at radius 2 is 1.75 bits per heavy atom. The highest BCUT2D eigenvalue weighted by atomic mass is 32.2. The van der Waals surface area contributed by atoms with Gasteiger partial charge in [0.05, 0.1) is 5.92 Å². The van der Waals surface area contributed by atoms with Crippen LogP contribution in [0.5, 0.6) is 5.75 Å². The lowest BCUT2D eigenvalue weighted by Crippen LogP contribution is -2.28. The molecule has 0 heterocycles. The van der Waals surface area contributed by atoms with Gasteiger partial charge in [0.15, 0.2) is 0 Å². The molecule has 1 rings (SSSR count). The molecule has 0 aliphatic rings. The molecule has 0 aliphatic carbocycles. The SMILES string of the molecule is CNC(=O)[C@H](C)c1ccc(OS(=O)(=O)C(F)(F)F)cc1. The van der Waals surface area contributed by atoms with Gasteiger partial charge >= 0.3 is 15.6 Å². The molecule has 20 heavy (non-hydrogen) atoms. The summed E-state index contributed by atoms with van der Waals surface area (Å²) in [5, 5.41) is 2.42. The highest BCUT2D eigenvalue weighted by Gasteiger charge is 2.48. The van der Waals surface area contributed by atoms with Crippen LogP contribution < -0.4 is 9.50 Å². The van der Waals surface area contributed by atoms with E-state index in [9.17, 15) is 26.4 Å². The second kappa shape index (κ2) is 5.70. The van der Waals surface area contributed by atoms with E-state index >= 15 is 0 Å². The van der Waals surface area contributed by atoms with Crippen LogP contribution in [0.15, 0.2) is 24.3 Å². The van der Waals surface area contributed by atoms with E-state index in [0.29, 0.717) is 5.56 Å². The quantitative estimate of drug-likeness (QED) is 0.679. The third-order valence-corrected chi connectivity index (χ3v) is 3.49. The number of benzene rings is 1. The first-order valence-electron chi connectivity index (χ1n) is 5.41. The summed E-state index contributed by atoms with van der Waals surface area (Å²) in [6.07, 6.45) is 0. The number of hydrogen-bond donors (Lipinski definition) is 1. The van der Waals surface area contributed by atoms with Gasteiger partial charge in [0.1, 0.15) is 5.75 Å². The third-order valence-electron chi connectivity index (χ3n) is 2.51. The van der Waals surface area contributed by atoms with Crippen molar-refractivity contribution < 1.29 is 30.6 Å². The predicted octanol–water partition coefficient (Wildman–Crippen LogP) is 1.76. The Labute approximate surface area is 113 Å². The van der Waals surface area contributed by atoms with E-state index in [2.05, 4.69) is 9.50 Å². The number of halogens is 3. The van der Waals surface area contributed by atoms with Gasteiger partial charge in [-0.3, -0.25) is 4.79 Å². The zero-order valence-electron chi connectivity index (χ0n) is 10.6. The van der Waals surface area contributed by atoms with Gasteiger partial charge in [-0.1, -0.05) is 12.1 Å². The van der Waals surface area contributed by atoms with Crippen molar-refractivity contribution in [2.45, 2.75) is 18.3 Å². The van der Waals surface area contributed by atoms with Crippen LogP contribution in [0.2, 0.25) is 0 Å². The van der Waals surface area contributed by atoms with Crippen LogP contribution in [-0.2, 0) is 14.9 Å². The first-order valence-corrected chi connectivity index (χ1v) is 6.81. The molecule has 0 spiro atoms. The highest BCUT2D eigenvalue weighted by Crippen LogP contribution is 2.27. The van der Waals surface area contributed by atoms with Crippen LogP contribution >= 0.6 is 0 Å². The van der Waals surface area contributed by atoms with Gasteiger partial charge in [0.25, 0.3) is 0 Å². The Morgan fingerprint density at radius 1 is 1.25 bits per heavy atom. The van der Waals surface area contributed by atoms with Gasteiger partial charge in [-0.25, -0.2) is 0 Å². The molecule has 5 nitrogen and oxygen atoms in total. The van der Waals surface area contributed by atoms with Crippen molar-refractivity contribution in [1.82, 2.24) is 5.32 Å². The highest BCUT2D eigenvalue weighted by molar-refractivity contribution is 7.87. The predicted molar refractivity (Wildman–Crippen MR) is 64.5 cm³/mol. The lowest BCUT2D eigenvalue weighted by atomic mass is 10.0. The molecular weight excluding hydrogens is 299 g/mol. The van der Waals surface area contributed by atoms with E-state index in [4.69, 9.17) is 0 Å². The molecule has 1 amide bonds. The molecular formula is C11H12F3NO4S. The van der Waals surface area contributed by atoms with Crippen molar-refractivity contribution in [3.8, 4) is 5.75 Å². The number of amides is 1. The Kier molecular flexibility index (Phi) is 4.64. The lowest BCUT2D eigenvalue weighted by Gasteiger charge is -2.12. The number of rotatable bonds is 4. The van der Waals surface area contributed by atoms with Gasteiger partial charge < -0.3 is 9.50 Å². The second-order valence-electron chi connectivity index (χ2n) is 3.89. The molecule has 112 valence electrons. The van der Waals surface area contributed by atoms with Gasteiger partial charge in [-0.05, 0) is 24.6 Å². The Balaban J connectivity index is 2.91. The standard InChI is InChI=1S/C11H12F3NO4S/c1-7(10(16)15-2)8-3-5-9(6-4-8)19-20(17,18)11(12,13)14/h3-7H,1-2H3,(H,15,16)/t7-/m1/s1. The van der Waals surface area contributed by atoms with Crippen LogP contribution in [0.3, 0.4) is 0 Å². The van der Waals surface area contributed by atoms with Gasteiger partial charge in [0, 0.05) is 7.05 Å². The number of nitrogens with one attached hydrogen (secondary N) is 1. The van der Waals surface area contributed by atoms with Crippen molar-refractivity contribution >= 4 is 16.0 Å². The maximum absolute atomic E-state index is 12.1. The van der Waals surface area contributed by atoms with Gasteiger partial charge in [-0.15, -0.1) is 0 Å². The number of carbonyl (C=O) groups excluding carboxylic acids is 1. The molecule has 0 saturated heterocycles. The van der Waals surface area contributed by atoms with Crippen LogP contribution in [0.4, 0.5) is 13.2 Å². The lowest BCUT2D eigenvalue weighted by molar-refractivity contribution is -0.121. The summed E-state index contributed by atoms with van der Waals surface area (Å²) in [5.74, 6) is -1.27. The molecule has 1 aromatic carbocycles. The fraction of sp³-hybridized carbons (Fsp3) is 0.364. The Morgan fingerprint density at radius 3 is 2.15 bits per heavy atom. The van der Waals surface area contributed by atoms with Gasteiger partial charge in [0.2, 0.25) is 5.91 Å². The maximum Gasteiger partial charge on any atom is 0.534 e. The topological polar surface area (TPSA) is 72.5 Å². The molecule has 0 saturated carbocycles. The van der Waals surface area contributed by atoms with Crippen molar-refractivity contribution in [2.24, 2.45) is 0 Å². The zero-order valence-corrected chi connectivity index (χ0v) is 11.4. The number of hydrogen-bond acceptors (Lipinski definition) is 4. The van der Waals surface area contributed by atoms with E-state index in [1.165, 1.54) is 19.2 Å². The summed E-state index contributed by atoms with van der Waals surface area (Å²) in [5.41, 5.74) is -4.97. The van der Waals surface area contributed by atoms with Crippen LogP contribution in [0.1, 0.15) is 18.4 Å². The molecule has 0 unspecified atom stereocenters. The first-order chi connectivity index (χ1) is 9.08. The molecule has 9 heteroatoms. The summed E-state index contributed by atoms with van der Waals surface area (Å²) < 4.78 is 61.8. The largest absolute Gasteiger partial charge is 0.534 e. The number of alkyl halides is 3. The summed E-state index contributed by atoms with van der Waals surface area (Å²) in [4.78, 5) is 11.4. The van der Waals surface area contributed by atoms with E-state index < -0.39 is 27.3 Å². The molecule has 0 radical (unpaired) electrons. The minimum Gasteiger partial charge on any atom is -0.376 e. The molecule has 0 aliphatic heterocycles. The smallest absolute Gasteiger partial charge is 0.376 e. The van der Waals surface area contributed by atoms with Crippen LogP contribution in [0, 0.1) is 0 Å². The maximum atomic E-state index is 12.1. The van der Waals surface area contributed by atoms with E-state index in [0.717, 1.165) is 12.1 Å². The van der Waals surface area contributed by atoms with E-state index in [1.54, 1.807) is 6.92 Å². The Bertz CT molecular complexity index is 581. The van der Waals surface area contributed by atoms with E-state index in [1.807, 2.05) is 0 Å². The van der Waals surface area contributed by atoms with Crippen molar-refractivity contribution in [3.05, 3.63) is 29.8 Å². The first kappa shape index (κ1) is 16.3. The molecule has 0 fully saturated rings. The average molecular weight is 311 g/mol. The monoisotopic (exact) mass is 311 g/mol. The molecule has 1 aromatic rings. The number of likely N-dealkylation sites (N-methyl/N-ethyl adjacent to an activating group) is 1. The number of carbonyl (C=O) groups is 1. The van der Waals surface area contributed by atoms with Crippen molar-refractivity contribution in [2.75, 3.05) is 7.05 Å². The fourth-order valence-corrected chi connectivity index (χ4v) is 1.81. The summed E-state index contributed by atoms with van der Waals surface area (Å²) in [6.45, 7) is 1.60. The molecule has 0 aromatic heterocycles. The average Bonchev–Trinajstić information content (AvgIpc) is 2.36. The van der Waals surface area contributed by atoms with E-state index in [-0.39, 0.29) is 5.91 Å². The molecule has 1 atom stereocenters. The third kappa shape index (κ3) is 3.62. The Hall–Kier alpha value is -1.77. The van der Waals surface area contributed by atoms with Crippen LogP contribution in [-0.4, -0.2) is 26.9 Å². The summed E-state index contributed by atoms with van der Waals surface area (Å²) >= 11 is 0. The minimum atomic E-state index is -5.68. The zero-order chi connectivity index (χ0) is 15.6. The minimum absolute atomic E-state index is 0.276. The fourth-order valence-electron chi connectivity index (χ4n) is 1.35. The molecule has 0 bridgehead atoms.